The molecule has 3 aromatic rings. The maximum atomic E-state index is 12.8. The van der Waals surface area contributed by atoms with Crippen LogP contribution in [0.25, 0.3) is 5.65 Å². The van der Waals surface area contributed by atoms with Crippen molar-refractivity contribution in [3.05, 3.63) is 75.7 Å². The number of carbonyl (C=O) groups is 1. The van der Waals surface area contributed by atoms with Gasteiger partial charge in [0.25, 0.3) is 11.6 Å². The lowest BCUT2D eigenvalue weighted by molar-refractivity contribution is -0.385. The molecule has 2 aromatic heterocycles. The Labute approximate surface area is 144 Å². The number of nitro groups is 1. The molecule has 0 aliphatic rings. The van der Waals surface area contributed by atoms with E-state index in [1.165, 1.54) is 6.07 Å². The van der Waals surface area contributed by atoms with Crippen molar-refractivity contribution in [3.8, 4) is 0 Å². The number of hydrogen-bond donors (Lipinski definition) is 0. The number of rotatable bonds is 5. The number of aryl methyl sites for hydroxylation is 1. The summed E-state index contributed by atoms with van der Waals surface area (Å²) < 4.78 is 1.92. The third-order valence-corrected chi connectivity index (χ3v) is 4.17. The molecule has 2 heterocycles. The van der Waals surface area contributed by atoms with Gasteiger partial charge in [-0.2, -0.15) is 0 Å². The second-order valence-corrected chi connectivity index (χ2v) is 5.76. The summed E-state index contributed by atoms with van der Waals surface area (Å²) in [7, 11) is 0. The largest absolute Gasteiger partial charge is 0.333 e. The first kappa shape index (κ1) is 16.6. The zero-order valence-electron chi connectivity index (χ0n) is 14.0. The fraction of sp³-hybridized carbons (Fsp3) is 0.222. The highest BCUT2D eigenvalue weighted by Crippen LogP contribution is 2.21. The number of aromatic nitrogens is 2. The zero-order valence-corrected chi connectivity index (χ0v) is 14.0. The molecule has 0 saturated carbocycles. The van der Waals surface area contributed by atoms with E-state index in [1.54, 1.807) is 30.2 Å². The Kier molecular flexibility index (Phi) is 4.47. The summed E-state index contributed by atoms with van der Waals surface area (Å²) in [5.74, 6) is -0.239. The van der Waals surface area contributed by atoms with Crippen molar-refractivity contribution in [1.29, 1.82) is 0 Å². The van der Waals surface area contributed by atoms with Crippen molar-refractivity contribution in [2.45, 2.75) is 20.4 Å². The summed E-state index contributed by atoms with van der Waals surface area (Å²) >= 11 is 0. The molecule has 1 aromatic carbocycles. The quantitative estimate of drug-likeness (QED) is 0.528. The van der Waals surface area contributed by atoms with Crippen molar-refractivity contribution in [3.63, 3.8) is 0 Å². The van der Waals surface area contributed by atoms with Crippen LogP contribution < -0.4 is 0 Å². The first-order valence-corrected chi connectivity index (χ1v) is 7.96. The number of carbonyl (C=O) groups excluding carboxylic acids is 1. The number of imidazole rings is 1. The lowest BCUT2D eigenvalue weighted by Crippen LogP contribution is -2.30. The third kappa shape index (κ3) is 3.21. The molecule has 0 fully saturated rings. The summed E-state index contributed by atoms with van der Waals surface area (Å²) in [4.78, 5) is 29.4. The molecule has 0 aliphatic heterocycles. The van der Waals surface area contributed by atoms with Crippen LogP contribution in [0.15, 0.2) is 48.8 Å². The minimum atomic E-state index is -0.465. The van der Waals surface area contributed by atoms with Crippen LogP contribution in [-0.4, -0.2) is 31.7 Å². The Bertz CT molecular complexity index is 948. The van der Waals surface area contributed by atoms with Gasteiger partial charge in [-0.3, -0.25) is 14.9 Å². The molecule has 25 heavy (non-hydrogen) atoms. The van der Waals surface area contributed by atoms with Crippen molar-refractivity contribution in [2.24, 2.45) is 0 Å². The number of pyridine rings is 1. The summed E-state index contributed by atoms with van der Waals surface area (Å²) in [6.45, 7) is 4.40. The predicted molar refractivity (Wildman–Crippen MR) is 93.4 cm³/mol. The van der Waals surface area contributed by atoms with Crippen molar-refractivity contribution in [1.82, 2.24) is 14.3 Å². The number of amides is 1. The van der Waals surface area contributed by atoms with Crippen molar-refractivity contribution >= 4 is 17.2 Å². The van der Waals surface area contributed by atoms with Crippen LogP contribution in [0.4, 0.5) is 5.69 Å². The molecule has 0 saturated heterocycles. The molecule has 0 aliphatic carbocycles. The number of hydrogen-bond acceptors (Lipinski definition) is 4. The SMILES string of the molecule is CCN(Cc1cnc2ccccn12)C(=O)c1ccc(C)c([N+](=O)[O-])c1. The fourth-order valence-corrected chi connectivity index (χ4v) is 2.75. The van der Waals surface area contributed by atoms with Crippen LogP contribution in [0.2, 0.25) is 0 Å². The molecule has 128 valence electrons. The normalized spacial score (nSPS) is 10.8. The lowest BCUT2D eigenvalue weighted by atomic mass is 10.1. The van der Waals surface area contributed by atoms with E-state index in [0.29, 0.717) is 24.2 Å². The average molecular weight is 338 g/mol. The number of nitrogens with zero attached hydrogens (tertiary/aromatic N) is 4. The van der Waals surface area contributed by atoms with Gasteiger partial charge in [0.05, 0.1) is 23.4 Å². The Balaban J connectivity index is 1.89. The van der Waals surface area contributed by atoms with Gasteiger partial charge in [0.1, 0.15) is 5.65 Å². The fourth-order valence-electron chi connectivity index (χ4n) is 2.75. The topological polar surface area (TPSA) is 80.8 Å². The summed E-state index contributed by atoms with van der Waals surface area (Å²) in [5, 5.41) is 11.1. The molecule has 0 unspecified atom stereocenters. The van der Waals surface area contributed by atoms with Crippen LogP contribution in [0.3, 0.4) is 0 Å². The zero-order chi connectivity index (χ0) is 18.0. The van der Waals surface area contributed by atoms with E-state index in [1.807, 2.05) is 35.7 Å². The second kappa shape index (κ2) is 6.72. The molecule has 0 spiro atoms. The van der Waals surface area contributed by atoms with E-state index in [-0.39, 0.29) is 11.6 Å². The van der Waals surface area contributed by atoms with Gasteiger partial charge in [0.15, 0.2) is 0 Å². The Hall–Kier alpha value is -3.22. The second-order valence-electron chi connectivity index (χ2n) is 5.76. The first-order valence-electron chi connectivity index (χ1n) is 7.96. The Morgan fingerprint density at radius 3 is 2.84 bits per heavy atom. The first-order chi connectivity index (χ1) is 12.0. The molecule has 3 rings (SSSR count). The van der Waals surface area contributed by atoms with E-state index in [0.717, 1.165) is 11.3 Å². The van der Waals surface area contributed by atoms with Crippen LogP contribution in [0.5, 0.6) is 0 Å². The summed E-state index contributed by atoms with van der Waals surface area (Å²) in [5.41, 5.74) is 2.50. The monoisotopic (exact) mass is 338 g/mol. The van der Waals surface area contributed by atoms with Gasteiger partial charge in [-0.15, -0.1) is 0 Å². The van der Waals surface area contributed by atoms with Gasteiger partial charge < -0.3 is 9.30 Å². The third-order valence-electron chi connectivity index (χ3n) is 4.17. The molecule has 7 heteroatoms. The van der Waals surface area contributed by atoms with Crippen LogP contribution >= 0.6 is 0 Å². The van der Waals surface area contributed by atoms with E-state index in [4.69, 9.17) is 0 Å². The molecule has 7 nitrogen and oxygen atoms in total. The van der Waals surface area contributed by atoms with E-state index in [2.05, 4.69) is 4.98 Å². The smallest absolute Gasteiger partial charge is 0.273 e. The maximum absolute atomic E-state index is 12.8. The van der Waals surface area contributed by atoms with Crippen LogP contribution in [0.1, 0.15) is 28.5 Å². The molecular weight excluding hydrogens is 320 g/mol. The van der Waals surface area contributed by atoms with Gasteiger partial charge in [0, 0.05) is 29.9 Å². The van der Waals surface area contributed by atoms with E-state index in [9.17, 15) is 14.9 Å². The van der Waals surface area contributed by atoms with Gasteiger partial charge >= 0.3 is 0 Å². The molecule has 0 radical (unpaired) electrons. The Morgan fingerprint density at radius 1 is 1.32 bits per heavy atom. The average Bonchev–Trinajstić information content (AvgIpc) is 3.02. The molecule has 1 amide bonds. The summed E-state index contributed by atoms with van der Waals surface area (Å²) in [6, 6.07) is 10.3. The van der Waals surface area contributed by atoms with Gasteiger partial charge in [-0.1, -0.05) is 12.1 Å². The van der Waals surface area contributed by atoms with E-state index < -0.39 is 4.92 Å². The predicted octanol–water partition coefficient (Wildman–Crippen LogP) is 3.21. The molecular formula is C18H18N4O3. The van der Waals surface area contributed by atoms with Crippen molar-refractivity contribution < 1.29 is 9.72 Å². The molecule has 0 atom stereocenters. The van der Waals surface area contributed by atoms with Gasteiger partial charge in [-0.25, -0.2) is 4.98 Å². The number of fused-ring (bicyclic) bond motifs is 1. The van der Waals surface area contributed by atoms with Crippen LogP contribution in [-0.2, 0) is 6.54 Å². The number of nitro benzene ring substituents is 1. The maximum Gasteiger partial charge on any atom is 0.273 e. The standard InChI is InChI=1S/C18H18N4O3/c1-3-20(12-15-11-19-17-6-4-5-9-21(15)17)18(23)14-8-7-13(2)16(10-14)22(24)25/h4-11H,3,12H2,1-2H3. The molecule has 0 bridgehead atoms. The Morgan fingerprint density at radius 2 is 2.12 bits per heavy atom. The highest BCUT2D eigenvalue weighted by Gasteiger charge is 2.20. The van der Waals surface area contributed by atoms with Crippen LogP contribution in [0, 0.1) is 17.0 Å². The lowest BCUT2D eigenvalue weighted by Gasteiger charge is -2.20. The summed E-state index contributed by atoms with van der Waals surface area (Å²) in [6.07, 6.45) is 3.63. The molecule has 0 N–H and O–H groups in total. The van der Waals surface area contributed by atoms with Crippen molar-refractivity contribution in [2.75, 3.05) is 6.54 Å². The minimum absolute atomic E-state index is 0.0447. The highest BCUT2D eigenvalue weighted by atomic mass is 16.6. The number of benzene rings is 1. The minimum Gasteiger partial charge on any atom is -0.333 e. The van der Waals surface area contributed by atoms with Gasteiger partial charge in [-0.05, 0) is 32.0 Å². The van der Waals surface area contributed by atoms with E-state index >= 15 is 0 Å². The van der Waals surface area contributed by atoms with Gasteiger partial charge in [0.2, 0.25) is 0 Å². The highest BCUT2D eigenvalue weighted by molar-refractivity contribution is 5.95.